The van der Waals surface area contributed by atoms with E-state index in [4.69, 9.17) is 9.47 Å². The molecular formula is C8H14NO3. The van der Waals surface area contributed by atoms with Crippen LogP contribution in [0.15, 0.2) is 0 Å². The van der Waals surface area contributed by atoms with Crippen LogP contribution in [0.5, 0.6) is 0 Å². The number of esters is 1. The van der Waals surface area contributed by atoms with Crippen LogP contribution in [-0.4, -0.2) is 38.4 Å². The summed E-state index contributed by atoms with van der Waals surface area (Å²) in [7, 11) is 0. The molecule has 1 rings (SSSR count). The van der Waals surface area contributed by atoms with Crippen LogP contribution in [0.4, 0.5) is 0 Å². The molecule has 12 heavy (non-hydrogen) atoms. The molecule has 0 N–H and O–H groups in total. The first-order valence-electron chi connectivity index (χ1n) is 4.23. The SMILES string of the molecule is CCOC(=O)CC1COCC[N]1. The van der Waals surface area contributed by atoms with Crippen LogP contribution in [0.1, 0.15) is 13.3 Å². The second-order valence-electron chi connectivity index (χ2n) is 2.64. The minimum atomic E-state index is -0.184. The molecule has 1 aliphatic rings. The molecule has 1 unspecified atom stereocenters. The second-order valence-corrected chi connectivity index (χ2v) is 2.64. The highest BCUT2D eigenvalue weighted by atomic mass is 16.5. The molecule has 69 valence electrons. The van der Waals surface area contributed by atoms with Gasteiger partial charge in [0, 0.05) is 6.54 Å². The monoisotopic (exact) mass is 172 g/mol. The molecule has 1 saturated heterocycles. The zero-order valence-electron chi connectivity index (χ0n) is 7.28. The van der Waals surface area contributed by atoms with Crippen molar-refractivity contribution < 1.29 is 14.3 Å². The van der Waals surface area contributed by atoms with Crippen LogP contribution in [0, 0.1) is 0 Å². The summed E-state index contributed by atoms with van der Waals surface area (Å²) in [6.45, 7) is 4.17. The zero-order valence-corrected chi connectivity index (χ0v) is 7.28. The largest absolute Gasteiger partial charge is 0.466 e. The lowest BCUT2D eigenvalue weighted by atomic mass is 10.2. The first-order valence-corrected chi connectivity index (χ1v) is 4.23. The van der Waals surface area contributed by atoms with E-state index in [-0.39, 0.29) is 12.0 Å². The molecule has 0 aromatic heterocycles. The molecule has 0 bridgehead atoms. The number of morpholine rings is 1. The van der Waals surface area contributed by atoms with E-state index in [0.29, 0.717) is 32.8 Å². The number of ether oxygens (including phenoxy) is 2. The summed E-state index contributed by atoms with van der Waals surface area (Å²) in [5, 5.41) is 4.23. The first kappa shape index (κ1) is 9.48. The molecule has 1 fully saturated rings. The number of carbonyl (C=O) groups is 1. The van der Waals surface area contributed by atoms with Gasteiger partial charge < -0.3 is 9.47 Å². The zero-order chi connectivity index (χ0) is 8.81. The van der Waals surface area contributed by atoms with Crippen LogP contribution in [0.3, 0.4) is 0 Å². The minimum Gasteiger partial charge on any atom is -0.466 e. The summed E-state index contributed by atoms with van der Waals surface area (Å²) >= 11 is 0. The van der Waals surface area contributed by atoms with Crippen molar-refractivity contribution >= 4 is 5.97 Å². The van der Waals surface area contributed by atoms with Crippen molar-refractivity contribution in [3.63, 3.8) is 0 Å². The molecular weight excluding hydrogens is 158 g/mol. The third-order valence-corrected chi connectivity index (χ3v) is 1.64. The summed E-state index contributed by atoms with van der Waals surface area (Å²) in [6, 6.07) is 0.0119. The number of hydrogen-bond acceptors (Lipinski definition) is 3. The van der Waals surface area contributed by atoms with E-state index in [2.05, 4.69) is 5.32 Å². The Kier molecular flexibility index (Phi) is 4.04. The number of hydrogen-bond donors (Lipinski definition) is 0. The summed E-state index contributed by atoms with van der Waals surface area (Å²) in [4.78, 5) is 11.0. The normalized spacial score (nSPS) is 23.6. The molecule has 4 nitrogen and oxygen atoms in total. The van der Waals surface area contributed by atoms with Crippen molar-refractivity contribution in [2.45, 2.75) is 19.4 Å². The fraction of sp³-hybridized carbons (Fsp3) is 0.875. The smallest absolute Gasteiger partial charge is 0.307 e. The molecule has 0 aliphatic carbocycles. The minimum absolute atomic E-state index is 0.0119. The molecule has 0 spiro atoms. The van der Waals surface area contributed by atoms with E-state index in [9.17, 15) is 4.79 Å². The van der Waals surface area contributed by atoms with Crippen LogP contribution in [-0.2, 0) is 14.3 Å². The predicted molar refractivity (Wildman–Crippen MR) is 42.9 cm³/mol. The Bertz CT molecular complexity index is 143. The van der Waals surface area contributed by atoms with Crippen molar-refractivity contribution in [1.29, 1.82) is 0 Å². The van der Waals surface area contributed by atoms with Crippen LogP contribution in [0.25, 0.3) is 0 Å². The number of rotatable bonds is 3. The van der Waals surface area contributed by atoms with Gasteiger partial charge in [0.25, 0.3) is 0 Å². The van der Waals surface area contributed by atoms with Gasteiger partial charge in [-0.15, -0.1) is 0 Å². The lowest BCUT2D eigenvalue weighted by molar-refractivity contribution is -0.144. The van der Waals surface area contributed by atoms with Crippen molar-refractivity contribution in [3.05, 3.63) is 0 Å². The van der Waals surface area contributed by atoms with Gasteiger partial charge in [-0.2, -0.15) is 0 Å². The Balaban J connectivity index is 2.15. The third-order valence-electron chi connectivity index (χ3n) is 1.64. The maximum atomic E-state index is 11.0. The maximum absolute atomic E-state index is 11.0. The average molecular weight is 172 g/mol. The highest BCUT2D eigenvalue weighted by Crippen LogP contribution is 2.01. The van der Waals surface area contributed by atoms with Gasteiger partial charge in [-0.25, -0.2) is 5.32 Å². The fourth-order valence-electron chi connectivity index (χ4n) is 1.11. The van der Waals surface area contributed by atoms with Crippen molar-refractivity contribution in [3.8, 4) is 0 Å². The van der Waals surface area contributed by atoms with E-state index in [1.165, 1.54) is 0 Å². The standard InChI is InChI=1S/C8H14NO3/c1-2-12-8(10)5-7-6-11-4-3-9-7/h7H,2-6H2,1H3. The molecule has 1 aliphatic heterocycles. The van der Waals surface area contributed by atoms with Gasteiger partial charge in [-0.3, -0.25) is 4.79 Å². The van der Waals surface area contributed by atoms with Crippen molar-refractivity contribution in [2.75, 3.05) is 26.4 Å². The fourth-order valence-corrected chi connectivity index (χ4v) is 1.11. The van der Waals surface area contributed by atoms with Crippen LogP contribution < -0.4 is 5.32 Å². The third kappa shape index (κ3) is 3.19. The van der Waals surface area contributed by atoms with Crippen molar-refractivity contribution in [2.24, 2.45) is 0 Å². The summed E-state index contributed by atoms with van der Waals surface area (Å²) < 4.78 is 9.95. The van der Waals surface area contributed by atoms with E-state index >= 15 is 0 Å². The Labute approximate surface area is 72.2 Å². The average Bonchev–Trinajstić information content (AvgIpc) is 2.06. The topological polar surface area (TPSA) is 49.6 Å². The van der Waals surface area contributed by atoms with E-state index in [1.54, 1.807) is 6.92 Å². The van der Waals surface area contributed by atoms with E-state index < -0.39 is 0 Å². The summed E-state index contributed by atoms with van der Waals surface area (Å²) in [6.07, 6.45) is 0.355. The number of carbonyl (C=O) groups excluding carboxylic acids is 1. The molecule has 1 atom stereocenters. The summed E-state index contributed by atoms with van der Waals surface area (Å²) in [5.41, 5.74) is 0. The van der Waals surface area contributed by atoms with Gasteiger partial charge in [0.15, 0.2) is 0 Å². The second kappa shape index (κ2) is 5.11. The van der Waals surface area contributed by atoms with Crippen LogP contribution >= 0.6 is 0 Å². The van der Waals surface area contributed by atoms with Gasteiger partial charge >= 0.3 is 5.97 Å². The van der Waals surface area contributed by atoms with E-state index in [1.807, 2.05) is 0 Å². The lowest BCUT2D eigenvalue weighted by Crippen LogP contribution is -2.37. The van der Waals surface area contributed by atoms with Gasteiger partial charge in [0.2, 0.25) is 0 Å². The van der Waals surface area contributed by atoms with E-state index in [0.717, 1.165) is 0 Å². The maximum Gasteiger partial charge on any atom is 0.307 e. The highest BCUT2D eigenvalue weighted by molar-refractivity contribution is 5.70. The summed E-state index contributed by atoms with van der Waals surface area (Å²) in [5.74, 6) is -0.184. The lowest BCUT2D eigenvalue weighted by Gasteiger charge is -2.20. The molecule has 1 heterocycles. The van der Waals surface area contributed by atoms with Gasteiger partial charge in [0.05, 0.1) is 32.3 Å². The predicted octanol–water partition coefficient (Wildman–Crippen LogP) is -0.0572. The van der Waals surface area contributed by atoms with Gasteiger partial charge in [-0.05, 0) is 6.92 Å². The Morgan fingerprint density at radius 3 is 3.17 bits per heavy atom. The Morgan fingerprint density at radius 2 is 2.58 bits per heavy atom. The van der Waals surface area contributed by atoms with Crippen LogP contribution in [0.2, 0.25) is 0 Å². The molecule has 1 radical (unpaired) electrons. The Morgan fingerprint density at radius 1 is 1.75 bits per heavy atom. The molecule has 4 heteroatoms. The first-order chi connectivity index (χ1) is 5.83. The molecule has 0 aromatic rings. The molecule has 0 aromatic carbocycles. The van der Waals surface area contributed by atoms with Crippen molar-refractivity contribution in [1.82, 2.24) is 5.32 Å². The Hall–Kier alpha value is -0.610. The number of nitrogens with zero attached hydrogens (tertiary/aromatic N) is 1. The molecule has 0 amide bonds. The highest BCUT2D eigenvalue weighted by Gasteiger charge is 2.18. The quantitative estimate of drug-likeness (QED) is 0.560. The molecule has 0 saturated carbocycles. The van der Waals surface area contributed by atoms with Gasteiger partial charge in [-0.1, -0.05) is 0 Å². The van der Waals surface area contributed by atoms with Gasteiger partial charge in [0.1, 0.15) is 0 Å².